The molecule has 1 aromatic heterocycles. The molecule has 4 nitrogen and oxygen atoms in total. The molecule has 0 saturated heterocycles. The SMILES string of the molecule is CCNc1cncc(NC2CCCCC2C)n1. The van der Waals surface area contributed by atoms with Crippen molar-refractivity contribution in [2.24, 2.45) is 5.92 Å². The van der Waals surface area contributed by atoms with Gasteiger partial charge in [0, 0.05) is 12.6 Å². The van der Waals surface area contributed by atoms with E-state index in [1.807, 2.05) is 6.20 Å². The molecule has 1 aromatic rings. The Kier molecular flexibility index (Phi) is 4.18. The fraction of sp³-hybridized carbons (Fsp3) is 0.692. The van der Waals surface area contributed by atoms with Gasteiger partial charge >= 0.3 is 0 Å². The van der Waals surface area contributed by atoms with Gasteiger partial charge < -0.3 is 10.6 Å². The first kappa shape index (κ1) is 12.1. The molecule has 0 amide bonds. The summed E-state index contributed by atoms with van der Waals surface area (Å²) in [5.74, 6) is 2.47. The van der Waals surface area contributed by atoms with E-state index in [0.29, 0.717) is 6.04 Å². The second kappa shape index (κ2) is 5.84. The molecule has 0 radical (unpaired) electrons. The van der Waals surface area contributed by atoms with Gasteiger partial charge in [0.25, 0.3) is 0 Å². The predicted molar refractivity (Wildman–Crippen MR) is 71.2 cm³/mol. The molecule has 0 bridgehead atoms. The minimum Gasteiger partial charge on any atom is -0.369 e. The molecule has 1 saturated carbocycles. The number of rotatable bonds is 4. The molecular weight excluding hydrogens is 212 g/mol. The lowest BCUT2D eigenvalue weighted by Gasteiger charge is -2.29. The summed E-state index contributed by atoms with van der Waals surface area (Å²) in [7, 11) is 0. The van der Waals surface area contributed by atoms with Gasteiger partial charge in [-0.1, -0.05) is 19.8 Å². The van der Waals surface area contributed by atoms with E-state index in [0.717, 1.165) is 24.1 Å². The molecule has 1 aliphatic rings. The van der Waals surface area contributed by atoms with Crippen molar-refractivity contribution < 1.29 is 0 Å². The minimum absolute atomic E-state index is 0.551. The zero-order chi connectivity index (χ0) is 12.1. The Bertz CT molecular complexity index is 353. The molecule has 2 atom stereocenters. The van der Waals surface area contributed by atoms with E-state index in [2.05, 4.69) is 34.4 Å². The Morgan fingerprint density at radius 1 is 1.24 bits per heavy atom. The van der Waals surface area contributed by atoms with Crippen LogP contribution < -0.4 is 10.6 Å². The third-order valence-corrected chi connectivity index (χ3v) is 3.44. The van der Waals surface area contributed by atoms with E-state index in [4.69, 9.17) is 0 Å². The van der Waals surface area contributed by atoms with E-state index < -0.39 is 0 Å². The average Bonchev–Trinajstić information content (AvgIpc) is 2.33. The third-order valence-electron chi connectivity index (χ3n) is 3.44. The van der Waals surface area contributed by atoms with Crippen LogP contribution in [0.1, 0.15) is 39.5 Å². The Labute approximate surface area is 103 Å². The number of hydrogen-bond acceptors (Lipinski definition) is 4. The number of anilines is 2. The van der Waals surface area contributed by atoms with E-state index in [9.17, 15) is 0 Å². The van der Waals surface area contributed by atoms with Crippen molar-refractivity contribution in [2.45, 2.75) is 45.6 Å². The van der Waals surface area contributed by atoms with E-state index >= 15 is 0 Å². The molecule has 0 spiro atoms. The maximum atomic E-state index is 4.51. The second-order valence-corrected chi connectivity index (χ2v) is 4.83. The molecule has 2 rings (SSSR count). The highest BCUT2D eigenvalue weighted by Gasteiger charge is 2.21. The third kappa shape index (κ3) is 3.32. The quantitative estimate of drug-likeness (QED) is 0.841. The molecule has 1 aliphatic carbocycles. The van der Waals surface area contributed by atoms with Gasteiger partial charge in [-0.15, -0.1) is 0 Å². The van der Waals surface area contributed by atoms with E-state index in [-0.39, 0.29) is 0 Å². The van der Waals surface area contributed by atoms with Crippen LogP contribution in [0.4, 0.5) is 11.6 Å². The molecule has 0 aromatic carbocycles. The van der Waals surface area contributed by atoms with E-state index in [1.165, 1.54) is 25.7 Å². The predicted octanol–water partition coefficient (Wildman–Crippen LogP) is 2.90. The lowest BCUT2D eigenvalue weighted by molar-refractivity contribution is 0.349. The number of nitrogens with one attached hydrogen (secondary N) is 2. The lowest BCUT2D eigenvalue weighted by Crippen LogP contribution is -2.30. The standard InChI is InChI=1S/C13H22N4/c1-3-15-12-8-14-9-13(17-12)16-11-7-5-4-6-10(11)2/h8-11H,3-7H2,1-2H3,(H2,15,16,17). The van der Waals surface area contributed by atoms with Gasteiger partial charge in [-0.05, 0) is 25.7 Å². The topological polar surface area (TPSA) is 49.8 Å². The summed E-state index contributed by atoms with van der Waals surface area (Å²) < 4.78 is 0. The highest BCUT2D eigenvalue weighted by molar-refractivity contribution is 5.42. The van der Waals surface area contributed by atoms with Gasteiger partial charge in [-0.2, -0.15) is 0 Å². The van der Waals surface area contributed by atoms with Crippen LogP contribution in [0.15, 0.2) is 12.4 Å². The Morgan fingerprint density at radius 2 is 2.00 bits per heavy atom. The average molecular weight is 234 g/mol. The highest BCUT2D eigenvalue weighted by atomic mass is 15.1. The zero-order valence-corrected chi connectivity index (χ0v) is 10.7. The fourth-order valence-electron chi connectivity index (χ4n) is 2.42. The van der Waals surface area contributed by atoms with Crippen molar-refractivity contribution in [1.29, 1.82) is 0 Å². The van der Waals surface area contributed by atoms with Crippen molar-refractivity contribution in [3.8, 4) is 0 Å². The summed E-state index contributed by atoms with van der Waals surface area (Å²) in [4.78, 5) is 8.71. The van der Waals surface area contributed by atoms with Crippen LogP contribution in [0.25, 0.3) is 0 Å². The van der Waals surface area contributed by atoms with Crippen LogP contribution in [-0.4, -0.2) is 22.6 Å². The van der Waals surface area contributed by atoms with Crippen molar-refractivity contribution in [3.63, 3.8) is 0 Å². The van der Waals surface area contributed by atoms with Crippen LogP contribution in [0.2, 0.25) is 0 Å². The molecule has 4 heteroatoms. The van der Waals surface area contributed by atoms with E-state index in [1.54, 1.807) is 6.20 Å². The maximum Gasteiger partial charge on any atom is 0.147 e. The number of aromatic nitrogens is 2. The Morgan fingerprint density at radius 3 is 2.76 bits per heavy atom. The second-order valence-electron chi connectivity index (χ2n) is 4.83. The summed E-state index contributed by atoms with van der Waals surface area (Å²) >= 11 is 0. The first-order valence-electron chi connectivity index (χ1n) is 6.62. The van der Waals surface area contributed by atoms with Crippen molar-refractivity contribution >= 4 is 11.6 Å². The summed E-state index contributed by atoms with van der Waals surface area (Å²) in [5.41, 5.74) is 0. The van der Waals surface area contributed by atoms with Gasteiger partial charge in [0.15, 0.2) is 0 Å². The molecule has 1 fully saturated rings. The zero-order valence-electron chi connectivity index (χ0n) is 10.7. The first-order chi connectivity index (χ1) is 8.29. The molecule has 2 unspecified atom stereocenters. The van der Waals surface area contributed by atoms with Crippen LogP contribution in [0.5, 0.6) is 0 Å². The van der Waals surface area contributed by atoms with Crippen LogP contribution in [0.3, 0.4) is 0 Å². The van der Waals surface area contributed by atoms with Crippen molar-refractivity contribution in [1.82, 2.24) is 9.97 Å². The van der Waals surface area contributed by atoms with Crippen LogP contribution in [-0.2, 0) is 0 Å². The summed E-state index contributed by atoms with van der Waals surface area (Å²) in [6.07, 6.45) is 8.82. The molecule has 2 N–H and O–H groups in total. The summed E-state index contributed by atoms with van der Waals surface area (Å²) in [6, 6.07) is 0.551. The molecular formula is C13H22N4. The molecule has 0 aliphatic heterocycles. The van der Waals surface area contributed by atoms with Gasteiger partial charge in [0.2, 0.25) is 0 Å². The Hall–Kier alpha value is -1.32. The van der Waals surface area contributed by atoms with Gasteiger partial charge in [0.05, 0.1) is 12.4 Å². The first-order valence-corrected chi connectivity index (χ1v) is 6.62. The monoisotopic (exact) mass is 234 g/mol. The fourth-order valence-corrected chi connectivity index (χ4v) is 2.42. The molecule has 17 heavy (non-hydrogen) atoms. The number of hydrogen-bond donors (Lipinski definition) is 2. The molecule has 1 heterocycles. The molecule has 94 valence electrons. The largest absolute Gasteiger partial charge is 0.369 e. The summed E-state index contributed by atoms with van der Waals surface area (Å²) in [5, 5.41) is 6.70. The maximum absolute atomic E-state index is 4.51. The minimum atomic E-state index is 0.551. The van der Waals surface area contributed by atoms with Crippen molar-refractivity contribution in [3.05, 3.63) is 12.4 Å². The number of nitrogens with zero attached hydrogens (tertiary/aromatic N) is 2. The van der Waals surface area contributed by atoms with Crippen LogP contribution in [0, 0.1) is 5.92 Å². The smallest absolute Gasteiger partial charge is 0.147 e. The van der Waals surface area contributed by atoms with Gasteiger partial charge in [0.1, 0.15) is 11.6 Å². The normalized spacial score (nSPS) is 24.4. The van der Waals surface area contributed by atoms with Crippen LogP contribution >= 0.6 is 0 Å². The summed E-state index contributed by atoms with van der Waals surface area (Å²) in [6.45, 7) is 5.25. The highest BCUT2D eigenvalue weighted by Crippen LogP contribution is 2.26. The van der Waals surface area contributed by atoms with Gasteiger partial charge in [-0.3, -0.25) is 4.98 Å². The lowest BCUT2D eigenvalue weighted by atomic mass is 9.86. The van der Waals surface area contributed by atoms with Gasteiger partial charge in [-0.25, -0.2) is 4.98 Å². The van der Waals surface area contributed by atoms with Crippen molar-refractivity contribution in [2.75, 3.05) is 17.2 Å². The Balaban J connectivity index is 1.99.